The molecule has 1 saturated heterocycles. The zero-order chi connectivity index (χ0) is 21.0. The van der Waals surface area contributed by atoms with Crippen LogP contribution in [0.3, 0.4) is 0 Å². The lowest BCUT2D eigenvalue weighted by atomic mass is 9.89. The Labute approximate surface area is 171 Å². The first-order chi connectivity index (χ1) is 13.9. The van der Waals surface area contributed by atoms with Crippen LogP contribution >= 0.6 is 0 Å². The van der Waals surface area contributed by atoms with Gasteiger partial charge < -0.3 is 19.5 Å². The fourth-order valence-electron chi connectivity index (χ4n) is 3.61. The van der Waals surface area contributed by atoms with E-state index in [1.165, 1.54) is 0 Å². The number of carbonyl (C=O) groups excluding carboxylic acids is 1. The summed E-state index contributed by atoms with van der Waals surface area (Å²) in [5, 5.41) is 9.70. The van der Waals surface area contributed by atoms with Crippen LogP contribution in [0.25, 0.3) is 0 Å². The quantitative estimate of drug-likeness (QED) is 0.771. The van der Waals surface area contributed by atoms with Gasteiger partial charge in [-0.05, 0) is 23.6 Å². The molecule has 1 heterocycles. The van der Waals surface area contributed by atoms with Crippen LogP contribution in [0.4, 0.5) is 0 Å². The van der Waals surface area contributed by atoms with Gasteiger partial charge in [-0.2, -0.15) is 0 Å². The molecule has 0 spiro atoms. The molecule has 1 amide bonds. The van der Waals surface area contributed by atoms with Crippen molar-refractivity contribution in [3.05, 3.63) is 59.7 Å². The van der Waals surface area contributed by atoms with Gasteiger partial charge in [0.15, 0.2) is 0 Å². The molecule has 0 unspecified atom stereocenters. The Bertz CT molecular complexity index is 865. The average Bonchev–Trinajstić information content (AvgIpc) is 3.18. The molecule has 1 aliphatic rings. The van der Waals surface area contributed by atoms with E-state index in [-0.39, 0.29) is 18.4 Å². The van der Waals surface area contributed by atoms with Crippen LogP contribution in [0.5, 0.6) is 11.5 Å². The standard InChI is InChI=1S/C23H27NO5/c1-15(2)14-29-21-11-17(28-3)9-10-18(21)22(25)24-12-19(20(13-24)23(26)27)16-7-5-4-6-8-16/h4-11,15,19-20H,12-14H2,1-3H3,(H,26,27)/t19-,20-/m0/s1. The molecule has 1 fully saturated rings. The Hall–Kier alpha value is -3.02. The molecule has 3 rings (SSSR count). The van der Waals surface area contributed by atoms with E-state index < -0.39 is 11.9 Å². The van der Waals surface area contributed by atoms with Gasteiger partial charge in [-0.15, -0.1) is 0 Å². The number of carbonyl (C=O) groups is 2. The lowest BCUT2D eigenvalue weighted by molar-refractivity contribution is -0.141. The molecular weight excluding hydrogens is 370 g/mol. The van der Waals surface area contributed by atoms with Gasteiger partial charge in [0.2, 0.25) is 0 Å². The highest BCUT2D eigenvalue weighted by Crippen LogP contribution is 2.35. The van der Waals surface area contributed by atoms with Crippen molar-refractivity contribution >= 4 is 11.9 Å². The number of benzene rings is 2. The van der Waals surface area contributed by atoms with Gasteiger partial charge >= 0.3 is 5.97 Å². The molecule has 0 bridgehead atoms. The molecule has 2 atom stereocenters. The van der Waals surface area contributed by atoms with Crippen molar-refractivity contribution in [2.75, 3.05) is 26.8 Å². The van der Waals surface area contributed by atoms with Crippen LogP contribution in [-0.4, -0.2) is 48.7 Å². The second-order valence-electron chi connectivity index (χ2n) is 7.74. The first kappa shape index (κ1) is 20.7. The van der Waals surface area contributed by atoms with Crippen LogP contribution in [-0.2, 0) is 4.79 Å². The van der Waals surface area contributed by atoms with Crippen LogP contribution in [0, 0.1) is 11.8 Å². The molecule has 6 heteroatoms. The van der Waals surface area contributed by atoms with E-state index in [9.17, 15) is 14.7 Å². The first-order valence-corrected chi connectivity index (χ1v) is 9.78. The SMILES string of the molecule is COc1ccc(C(=O)N2C[C@H](C(=O)O)[C@H](c3ccccc3)C2)c(OCC(C)C)c1. The minimum atomic E-state index is -0.889. The summed E-state index contributed by atoms with van der Waals surface area (Å²) >= 11 is 0. The normalized spacial score (nSPS) is 18.7. The van der Waals surface area contributed by atoms with Crippen LogP contribution in [0.1, 0.15) is 35.7 Å². The van der Waals surface area contributed by atoms with E-state index >= 15 is 0 Å². The van der Waals surface area contributed by atoms with Crippen molar-refractivity contribution in [1.82, 2.24) is 4.90 Å². The Morgan fingerprint density at radius 1 is 1.14 bits per heavy atom. The second kappa shape index (κ2) is 8.99. The minimum absolute atomic E-state index is 0.170. The number of hydrogen-bond acceptors (Lipinski definition) is 4. The lowest BCUT2D eigenvalue weighted by Gasteiger charge is -2.20. The zero-order valence-electron chi connectivity index (χ0n) is 17.0. The van der Waals surface area contributed by atoms with Gasteiger partial charge in [0, 0.05) is 25.1 Å². The fraction of sp³-hybridized carbons (Fsp3) is 0.391. The summed E-state index contributed by atoms with van der Waals surface area (Å²) in [6.45, 7) is 5.06. The largest absolute Gasteiger partial charge is 0.497 e. The summed E-state index contributed by atoms with van der Waals surface area (Å²) in [5.74, 6) is -0.632. The number of methoxy groups -OCH3 is 1. The molecule has 0 aromatic heterocycles. The van der Waals surface area contributed by atoms with E-state index in [0.29, 0.717) is 36.1 Å². The van der Waals surface area contributed by atoms with E-state index in [0.717, 1.165) is 5.56 Å². The molecule has 29 heavy (non-hydrogen) atoms. The van der Waals surface area contributed by atoms with E-state index in [1.807, 2.05) is 44.2 Å². The second-order valence-corrected chi connectivity index (χ2v) is 7.74. The number of amides is 1. The molecule has 2 aromatic rings. The molecule has 1 N–H and O–H groups in total. The Balaban J connectivity index is 1.87. The van der Waals surface area contributed by atoms with E-state index in [2.05, 4.69) is 0 Å². The molecular formula is C23H27NO5. The molecule has 154 valence electrons. The van der Waals surface area contributed by atoms with Crippen molar-refractivity contribution in [3.63, 3.8) is 0 Å². The Kier molecular flexibility index (Phi) is 6.42. The maximum absolute atomic E-state index is 13.3. The summed E-state index contributed by atoms with van der Waals surface area (Å²) in [7, 11) is 1.56. The van der Waals surface area contributed by atoms with Crippen LogP contribution < -0.4 is 9.47 Å². The monoisotopic (exact) mass is 397 g/mol. The summed E-state index contributed by atoms with van der Waals surface area (Å²) in [6, 6.07) is 14.6. The Morgan fingerprint density at radius 3 is 2.48 bits per heavy atom. The van der Waals surface area contributed by atoms with Gasteiger partial charge in [0.1, 0.15) is 11.5 Å². The van der Waals surface area contributed by atoms with Gasteiger partial charge in [-0.1, -0.05) is 44.2 Å². The van der Waals surface area contributed by atoms with Crippen molar-refractivity contribution in [3.8, 4) is 11.5 Å². The number of aliphatic carboxylic acids is 1. The number of likely N-dealkylation sites (tertiary alicyclic amines) is 1. The number of ether oxygens (including phenoxy) is 2. The van der Waals surface area contributed by atoms with Gasteiger partial charge in [-0.25, -0.2) is 0 Å². The molecule has 0 aliphatic carbocycles. The molecule has 0 radical (unpaired) electrons. The van der Waals surface area contributed by atoms with Crippen molar-refractivity contribution in [1.29, 1.82) is 0 Å². The maximum Gasteiger partial charge on any atom is 0.308 e. The number of carboxylic acids is 1. The average molecular weight is 397 g/mol. The van der Waals surface area contributed by atoms with Crippen LogP contribution in [0.2, 0.25) is 0 Å². The predicted octanol–water partition coefficient (Wildman–Crippen LogP) is 3.67. The van der Waals surface area contributed by atoms with E-state index in [4.69, 9.17) is 9.47 Å². The van der Waals surface area contributed by atoms with Crippen molar-refractivity contribution in [2.45, 2.75) is 19.8 Å². The highest BCUT2D eigenvalue weighted by atomic mass is 16.5. The lowest BCUT2D eigenvalue weighted by Crippen LogP contribution is -2.30. The third kappa shape index (κ3) is 4.70. The van der Waals surface area contributed by atoms with Gasteiger partial charge in [0.25, 0.3) is 5.91 Å². The molecule has 1 aliphatic heterocycles. The number of carboxylic acid groups (broad SMARTS) is 1. The minimum Gasteiger partial charge on any atom is -0.497 e. The summed E-state index contributed by atoms with van der Waals surface area (Å²) in [4.78, 5) is 26.7. The van der Waals surface area contributed by atoms with E-state index in [1.54, 1.807) is 30.2 Å². The predicted molar refractivity (Wildman–Crippen MR) is 110 cm³/mol. The third-order valence-corrected chi connectivity index (χ3v) is 5.14. The molecule has 6 nitrogen and oxygen atoms in total. The number of rotatable bonds is 7. The summed E-state index contributed by atoms with van der Waals surface area (Å²) in [5.41, 5.74) is 1.35. The summed E-state index contributed by atoms with van der Waals surface area (Å²) < 4.78 is 11.1. The topological polar surface area (TPSA) is 76.1 Å². The fourth-order valence-corrected chi connectivity index (χ4v) is 3.61. The van der Waals surface area contributed by atoms with Crippen LogP contribution in [0.15, 0.2) is 48.5 Å². The zero-order valence-corrected chi connectivity index (χ0v) is 17.0. The highest BCUT2D eigenvalue weighted by Gasteiger charge is 2.41. The summed E-state index contributed by atoms with van der Waals surface area (Å²) in [6.07, 6.45) is 0. The number of nitrogens with zero attached hydrogens (tertiary/aromatic N) is 1. The smallest absolute Gasteiger partial charge is 0.308 e. The third-order valence-electron chi connectivity index (χ3n) is 5.14. The van der Waals surface area contributed by atoms with Crippen molar-refractivity contribution < 1.29 is 24.2 Å². The van der Waals surface area contributed by atoms with Gasteiger partial charge in [0.05, 0.1) is 25.2 Å². The number of hydrogen-bond donors (Lipinski definition) is 1. The highest BCUT2D eigenvalue weighted by molar-refractivity contribution is 5.97. The maximum atomic E-state index is 13.3. The Morgan fingerprint density at radius 2 is 1.86 bits per heavy atom. The van der Waals surface area contributed by atoms with Gasteiger partial charge in [-0.3, -0.25) is 9.59 Å². The first-order valence-electron chi connectivity index (χ1n) is 9.78. The molecule has 2 aromatic carbocycles. The molecule has 0 saturated carbocycles. The van der Waals surface area contributed by atoms with Crippen molar-refractivity contribution in [2.24, 2.45) is 11.8 Å².